The molecule has 3 nitrogen and oxygen atoms in total. The standard InChI is InChI=1S/C15H11ClFNO2/c16-12-5-11-14(20-8-15(11)6-19-7-15)13(18-12)9-1-3-10(17)4-2-9/h1-5H,6-8H2. The number of aromatic nitrogens is 1. The van der Waals surface area contributed by atoms with Crippen LogP contribution in [0.5, 0.6) is 5.75 Å². The normalized spacial score (nSPS) is 18.5. The number of rotatable bonds is 1. The van der Waals surface area contributed by atoms with Gasteiger partial charge >= 0.3 is 0 Å². The SMILES string of the molecule is Fc1ccc(-c2nc(Cl)cc3c2OCC32COC2)cc1. The quantitative estimate of drug-likeness (QED) is 0.756. The molecule has 5 heteroatoms. The van der Waals surface area contributed by atoms with Gasteiger partial charge in [-0.25, -0.2) is 9.37 Å². The summed E-state index contributed by atoms with van der Waals surface area (Å²) in [6.45, 7) is 1.87. The van der Waals surface area contributed by atoms with Crippen molar-refractivity contribution in [1.82, 2.24) is 4.98 Å². The lowest BCUT2D eigenvalue weighted by atomic mass is 9.80. The van der Waals surface area contributed by atoms with Gasteiger partial charge in [-0.2, -0.15) is 0 Å². The van der Waals surface area contributed by atoms with E-state index >= 15 is 0 Å². The molecule has 1 fully saturated rings. The van der Waals surface area contributed by atoms with E-state index in [9.17, 15) is 4.39 Å². The van der Waals surface area contributed by atoms with Crippen molar-refractivity contribution >= 4 is 11.6 Å². The second-order valence-electron chi connectivity index (χ2n) is 5.24. The van der Waals surface area contributed by atoms with Crippen molar-refractivity contribution in [1.29, 1.82) is 0 Å². The summed E-state index contributed by atoms with van der Waals surface area (Å²) < 4.78 is 24.2. The van der Waals surface area contributed by atoms with Crippen molar-refractivity contribution < 1.29 is 13.9 Å². The molecule has 1 aromatic heterocycles. The number of halogens is 2. The van der Waals surface area contributed by atoms with Gasteiger partial charge in [0.15, 0.2) is 0 Å². The number of hydrogen-bond acceptors (Lipinski definition) is 3. The van der Waals surface area contributed by atoms with E-state index in [2.05, 4.69) is 4.98 Å². The maximum atomic E-state index is 13.0. The molecule has 0 N–H and O–H groups in total. The zero-order chi connectivity index (χ0) is 13.7. The summed E-state index contributed by atoms with van der Waals surface area (Å²) >= 11 is 6.14. The molecular formula is C15H11ClFNO2. The van der Waals surface area contributed by atoms with Gasteiger partial charge in [-0.1, -0.05) is 11.6 Å². The molecule has 0 saturated carbocycles. The van der Waals surface area contributed by atoms with Gasteiger partial charge in [0.25, 0.3) is 0 Å². The summed E-state index contributed by atoms with van der Waals surface area (Å²) in [6, 6.07) is 8.02. The van der Waals surface area contributed by atoms with Gasteiger partial charge in [0.05, 0.1) is 18.6 Å². The van der Waals surface area contributed by atoms with Crippen LogP contribution in [0.2, 0.25) is 5.15 Å². The molecule has 2 aliphatic heterocycles. The first-order valence-corrected chi connectivity index (χ1v) is 6.73. The molecule has 1 aromatic carbocycles. The summed E-state index contributed by atoms with van der Waals surface area (Å²) in [4.78, 5) is 4.35. The molecule has 1 spiro atoms. The maximum Gasteiger partial charge on any atom is 0.149 e. The van der Waals surface area contributed by atoms with Gasteiger partial charge in [0, 0.05) is 11.1 Å². The predicted molar refractivity (Wildman–Crippen MR) is 72.6 cm³/mol. The molecule has 2 aromatic rings. The monoisotopic (exact) mass is 291 g/mol. The average Bonchev–Trinajstić information content (AvgIpc) is 2.78. The fraction of sp³-hybridized carbons (Fsp3) is 0.267. The molecule has 102 valence electrons. The van der Waals surface area contributed by atoms with Gasteiger partial charge in [0.1, 0.15) is 29.0 Å². The molecule has 2 aliphatic rings. The lowest BCUT2D eigenvalue weighted by Crippen LogP contribution is -2.48. The fourth-order valence-corrected chi connectivity index (χ4v) is 2.91. The minimum atomic E-state index is -0.280. The molecule has 20 heavy (non-hydrogen) atoms. The highest BCUT2D eigenvalue weighted by atomic mass is 35.5. The zero-order valence-electron chi connectivity index (χ0n) is 10.5. The predicted octanol–water partition coefficient (Wildman–Crippen LogP) is 3.20. The second-order valence-corrected chi connectivity index (χ2v) is 5.63. The van der Waals surface area contributed by atoms with E-state index in [1.165, 1.54) is 12.1 Å². The summed E-state index contributed by atoms with van der Waals surface area (Å²) in [7, 11) is 0. The minimum Gasteiger partial charge on any atom is -0.490 e. The molecule has 3 heterocycles. The molecular weight excluding hydrogens is 281 g/mol. The summed E-state index contributed by atoms with van der Waals surface area (Å²) in [5, 5.41) is 0.417. The van der Waals surface area contributed by atoms with E-state index in [-0.39, 0.29) is 11.2 Å². The first-order valence-electron chi connectivity index (χ1n) is 6.35. The van der Waals surface area contributed by atoms with E-state index < -0.39 is 0 Å². The molecule has 0 amide bonds. The van der Waals surface area contributed by atoms with E-state index in [0.717, 1.165) is 16.9 Å². The van der Waals surface area contributed by atoms with Crippen molar-refractivity contribution in [3.63, 3.8) is 0 Å². The Balaban J connectivity index is 1.89. The highest BCUT2D eigenvalue weighted by Crippen LogP contribution is 2.48. The molecule has 0 atom stereocenters. The molecule has 0 unspecified atom stereocenters. The molecule has 0 radical (unpaired) electrons. The lowest BCUT2D eigenvalue weighted by molar-refractivity contribution is -0.0666. The Morgan fingerprint density at radius 2 is 1.90 bits per heavy atom. The first kappa shape index (κ1) is 12.1. The number of fused-ring (bicyclic) bond motifs is 2. The fourth-order valence-electron chi connectivity index (χ4n) is 2.72. The smallest absolute Gasteiger partial charge is 0.149 e. The lowest BCUT2D eigenvalue weighted by Gasteiger charge is -2.36. The number of pyridine rings is 1. The van der Waals surface area contributed by atoms with Crippen molar-refractivity contribution in [3.8, 4) is 17.0 Å². The zero-order valence-corrected chi connectivity index (χ0v) is 11.3. The van der Waals surface area contributed by atoms with Crippen LogP contribution >= 0.6 is 11.6 Å². The van der Waals surface area contributed by atoms with Gasteiger partial charge < -0.3 is 9.47 Å². The van der Waals surface area contributed by atoms with Crippen LogP contribution in [0.4, 0.5) is 4.39 Å². The van der Waals surface area contributed by atoms with Crippen molar-refractivity contribution in [2.24, 2.45) is 0 Å². The van der Waals surface area contributed by atoms with Gasteiger partial charge in [-0.3, -0.25) is 0 Å². The molecule has 0 aliphatic carbocycles. The number of hydrogen-bond donors (Lipinski definition) is 0. The van der Waals surface area contributed by atoms with Crippen LogP contribution in [0, 0.1) is 5.82 Å². The topological polar surface area (TPSA) is 31.4 Å². The Kier molecular flexibility index (Phi) is 2.53. The highest BCUT2D eigenvalue weighted by molar-refractivity contribution is 6.29. The minimum absolute atomic E-state index is 0.0866. The van der Waals surface area contributed by atoms with Gasteiger partial charge in [0.2, 0.25) is 0 Å². The van der Waals surface area contributed by atoms with Gasteiger partial charge in [-0.05, 0) is 30.3 Å². The Morgan fingerprint density at radius 3 is 2.55 bits per heavy atom. The van der Waals surface area contributed by atoms with Crippen molar-refractivity contribution in [2.75, 3.05) is 19.8 Å². The van der Waals surface area contributed by atoms with Crippen LogP contribution in [0.15, 0.2) is 30.3 Å². The molecule has 1 saturated heterocycles. The Labute approximate surface area is 120 Å². The van der Waals surface area contributed by atoms with Crippen LogP contribution in [0.25, 0.3) is 11.3 Å². The highest BCUT2D eigenvalue weighted by Gasteiger charge is 2.48. The molecule has 0 bridgehead atoms. The van der Waals surface area contributed by atoms with Crippen LogP contribution in [-0.4, -0.2) is 24.8 Å². The third kappa shape index (κ3) is 1.65. The van der Waals surface area contributed by atoms with Crippen LogP contribution < -0.4 is 4.74 Å². The largest absolute Gasteiger partial charge is 0.490 e. The van der Waals surface area contributed by atoms with Crippen LogP contribution in [0.1, 0.15) is 5.56 Å². The van der Waals surface area contributed by atoms with Crippen LogP contribution in [-0.2, 0) is 10.2 Å². The Hall–Kier alpha value is -1.65. The summed E-state index contributed by atoms with van der Waals surface area (Å²) in [6.07, 6.45) is 0. The average molecular weight is 292 g/mol. The third-order valence-corrected chi connectivity index (χ3v) is 4.07. The van der Waals surface area contributed by atoms with E-state index in [1.54, 1.807) is 12.1 Å². The maximum absolute atomic E-state index is 13.0. The van der Waals surface area contributed by atoms with Crippen molar-refractivity contribution in [3.05, 3.63) is 46.9 Å². The second kappa shape index (κ2) is 4.17. The Morgan fingerprint density at radius 1 is 1.15 bits per heavy atom. The van der Waals surface area contributed by atoms with E-state index in [1.807, 2.05) is 6.07 Å². The summed E-state index contributed by atoms with van der Waals surface area (Å²) in [5.41, 5.74) is 2.42. The number of ether oxygens (including phenoxy) is 2. The third-order valence-electron chi connectivity index (χ3n) is 3.88. The Bertz CT molecular complexity index is 683. The van der Waals surface area contributed by atoms with Gasteiger partial charge in [-0.15, -0.1) is 0 Å². The molecule has 4 rings (SSSR count). The van der Waals surface area contributed by atoms with E-state index in [0.29, 0.717) is 30.7 Å². The van der Waals surface area contributed by atoms with E-state index in [4.69, 9.17) is 21.1 Å². The first-order chi connectivity index (χ1) is 9.68. The summed E-state index contributed by atoms with van der Waals surface area (Å²) in [5.74, 6) is 0.460. The number of nitrogens with zero attached hydrogens (tertiary/aromatic N) is 1. The van der Waals surface area contributed by atoms with Crippen molar-refractivity contribution in [2.45, 2.75) is 5.41 Å². The number of benzene rings is 1. The van der Waals surface area contributed by atoms with Crippen LogP contribution in [0.3, 0.4) is 0 Å².